The molecule has 1 aliphatic rings. The summed E-state index contributed by atoms with van der Waals surface area (Å²) in [5, 5.41) is 10.5. The first-order valence-corrected chi connectivity index (χ1v) is 9.07. The Balaban J connectivity index is 1.46. The normalized spacial score (nSPS) is 16.7. The van der Waals surface area contributed by atoms with Gasteiger partial charge in [-0.1, -0.05) is 12.1 Å². The van der Waals surface area contributed by atoms with E-state index in [2.05, 4.69) is 9.97 Å². The molecule has 0 bridgehead atoms. The summed E-state index contributed by atoms with van der Waals surface area (Å²) in [5.74, 6) is 0.296. The van der Waals surface area contributed by atoms with Gasteiger partial charge >= 0.3 is 0 Å². The molecule has 6 heteroatoms. The number of amides is 1. The third kappa shape index (κ3) is 4.86. The SMILES string of the molecule is CN(CC(=O)N1CCC([C@H](O)c2ccccn2)CC1)Cc1cccnc1. The van der Waals surface area contributed by atoms with E-state index >= 15 is 0 Å². The Kier molecular flexibility index (Phi) is 6.30. The van der Waals surface area contributed by atoms with Crippen LogP contribution in [0.2, 0.25) is 0 Å². The largest absolute Gasteiger partial charge is 0.387 e. The minimum Gasteiger partial charge on any atom is -0.387 e. The molecule has 1 amide bonds. The van der Waals surface area contributed by atoms with Crippen LogP contribution in [0.15, 0.2) is 48.9 Å². The van der Waals surface area contributed by atoms with Crippen molar-refractivity contribution in [3.8, 4) is 0 Å². The maximum absolute atomic E-state index is 12.5. The summed E-state index contributed by atoms with van der Waals surface area (Å²) in [7, 11) is 1.95. The molecule has 1 atom stereocenters. The zero-order valence-corrected chi connectivity index (χ0v) is 15.2. The molecule has 26 heavy (non-hydrogen) atoms. The number of piperidine rings is 1. The standard InChI is InChI=1S/C20H26N4O2/c1-23(14-16-5-4-9-21-13-16)15-19(25)24-11-7-17(8-12-24)20(26)18-6-2-3-10-22-18/h2-6,9-10,13,17,20,26H,7-8,11-12,14-15H2,1H3/t20-/m0/s1. The summed E-state index contributed by atoms with van der Waals surface area (Å²) >= 11 is 0. The van der Waals surface area contributed by atoms with Crippen LogP contribution in [0.4, 0.5) is 0 Å². The Morgan fingerprint density at radius 3 is 2.73 bits per heavy atom. The monoisotopic (exact) mass is 354 g/mol. The van der Waals surface area contributed by atoms with Crippen molar-refractivity contribution in [2.24, 2.45) is 5.92 Å². The molecule has 3 rings (SSSR count). The lowest BCUT2D eigenvalue weighted by Crippen LogP contribution is -2.44. The maximum atomic E-state index is 12.5. The Hall–Kier alpha value is -2.31. The van der Waals surface area contributed by atoms with Crippen LogP contribution in [0.1, 0.15) is 30.2 Å². The lowest BCUT2D eigenvalue weighted by Gasteiger charge is -2.34. The Bertz CT molecular complexity index is 687. The molecule has 0 unspecified atom stereocenters. The quantitative estimate of drug-likeness (QED) is 0.858. The zero-order valence-electron chi connectivity index (χ0n) is 15.2. The van der Waals surface area contributed by atoms with E-state index in [0.29, 0.717) is 31.9 Å². The molecule has 0 saturated carbocycles. The van der Waals surface area contributed by atoms with E-state index < -0.39 is 6.10 Å². The van der Waals surface area contributed by atoms with Crippen molar-refractivity contribution in [3.05, 3.63) is 60.2 Å². The number of carbonyl (C=O) groups is 1. The molecule has 1 aliphatic heterocycles. The van der Waals surface area contributed by atoms with Crippen LogP contribution in [0.3, 0.4) is 0 Å². The number of likely N-dealkylation sites (tertiary alicyclic amines) is 1. The molecular weight excluding hydrogens is 328 g/mol. The molecule has 0 spiro atoms. The lowest BCUT2D eigenvalue weighted by molar-refractivity contribution is -0.134. The number of hydrogen-bond acceptors (Lipinski definition) is 5. The first-order valence-electron chi connectivity index (χ1n) is 9.07. The summed E-state index contributed by atoms with van der Waals surface area (Å²) in [5.41, 5.74) is 1.81. The van der Waals surface area contributed by atoms with Gasteiger partial charge in [-0.05, 0) is 49.6 Å². The van der Waals surface area contributed by atoms with Gasteiger partial charge in [0.25, 0.3) is 0 Å². The van der Waals surface area contributed by atoms with Crippen LogP contribution in [0.25, 0.3) is 0 Å². The number of carbonyl (C=O) groups excluding carboxylic acids is 1. The number of nitrogens with zero attached hydrogens (tertiary/aromatic N) is 4. The molecule has 1 N–H and O–H groups in total. The number of aromatic nitrogens is 2. The van der Waals surface area contributed by atoms with Gasteiger partial charge in [0, 0.05) is 38.2 Å². The van der Waals surface area contributed by atoms with Gasteiger partial charge in [-0.2, -0.15) is 0 Å². The summed E-state index contributed by atoms with van der Waals surface area (Å²) in [4.78, 5) is 24.8. The smallest absolute Gasteiger partial charge is 0.236 e. The Morgan fingerprint density at radius 1 is 1.27 bits per heavy atom. The van der Waals surface area contributed by atoms with Gasteiger partial charge in [0.05, 0.1) is 18.3 Å². The third-order valence-corrected chi connectivity index (χ3v) is 4.91. The van der Waals surface area contributed by atoms with Crippen molar-refractivity contribution in [1.82, 2.24) is 19.8 Å². The molecule has 3 heterocycles. The van der Waals surface area contributed by atoms with Gasteiger partial charge in [-0.3, -0.25) is 19.7 Å². The molecule has 1 fully saturated rings. The molecule has 2 aromatic heterocycles. The van der Waals surface area contributed by atoms with Crippen LogP contribution in [-0.2, 0) is 11.3 Å². The number of aliphatic hydroxyl groups is 1. The second kappa shape index (κ2) is 8.87. The van der Waals surface area contributed by atoms with E-state index in [0.717, 1.165) is 18.4 Å². The Morgan fingerprint density at radius 2 is 2.08 bits per heavy atom. The number of likely N-dealkylation sites (N-methyl/N-ethyl adjacent to an activating group) is 1. The highest BCUT2D eigenvalue weighted by Gasteiger charge is 2.29. The molecule has 0 radical (unpaired) electrons. The summed E-state index contributed by atoms with van der Waals surface area (Å²) in [6.45, 7) is 2.47. The van der Waals surface area contributed by atoms with Crippen molar-refractivity contribution in [2.75, 3.05) is 26.7 Å². The Labute approximate surface area is 154 Å². The van der Waals surface area contributed by atoms with E-state index in [-0.39, 0.29) is 11.8 Å². The lowest BCUT2D eigenvalue weighted by atomic mass is 9.89. The van der Waals surface area contributed by atoms with Gasteiger partial charge in [0.15, 0.2) is 0 Å². The van der Waals surface area contributed by atoms with E-state index in [4.69, 9.17) is 0 Å². The summed E-state index contributed by atoms with van der Waals surface area (Å²) in [6, 6.07) is 9.51. The fourth-order valence-corrected chi connectivity index (χ4v) is 3.45. The molecular formula is C20H26N4O2. The molecule has 138 valence electrons. The second-order valence-electron chi connectivity index (χ2n) is 6.95. The maximum Gasteiger partial charge on any atom is 0.236 e. The van der Waals surface area contributed by atoms with E-state index in [9.17, 15) is 9.90 Å². The van der Waals surface area contributed by atoms with Gasteiger partial charge in [0.2, 0.25) is 5.91 Å². The van der Waals surface area contributed by atoms with Crippen LogP contribution >= 0.6 is 0 Å². The highest BCUT2D eigenvalue weighted by Crippen LogP contribution is 2.29. The van der Waals surface area contributed by atoms with Crippen molar-refractivity contribution >= 4 is 5.91 Å². The average Bonchev–Trinajstić information content (AvgIpc) is 2.69. The van der Waals surface area contributed by atoms with Crippen LogP contribution in [0.5, 0.6) is 0 Å². The second-order valence-corrected chi connectivity index (χ2v) is 6.95. The van der Waals surface area contributed by atoms with Crippen molar-refractivity contribution < 1.29 is 9.90 Å². The predicted molar refractivity (Wildman–Crippen MR) is 99.1 cm³/mol. The molecule has 2 aromatic rings. The van der Waals surface area contributed by atoms with Crippen molar-refractivity contribution in [3.63, 3.8) is 0 Å². The van der Waals surface area contributed by atoms with E-state index in [1.165, 1.54) is 0 Å². The average molecular weight is 354 g/mol. The van der Waals surface area contributed by atoms with Gasteiger partial charge in [-0.25, -0.2) is 0 Å². The summed E-state index contributed by atoms with van der Waals surface area (Å²) in [6.07, 6.45) is 6.33. The van der Waals surface area contributed by atoms with E-state index in [1.54, 1.807) is 12.4 Å². The third-order valence-electron chi connectivity index (χ3n) is 4.91. The molecule has 1 saturated heterocycles. The van der Waals surface area contributed by atoms with E-state index in [1.807, 2.05) is 53.4 Å². The summed E-state index contributed by atoms with van der Waals surface area (Å²) < 4.78 is 0. The first-order chi connectivity index (χ1) is 12.6. The van der Waals surface area contributed by atoms with Gasteiger partial charge in [0.1, 0.15) is 0 Å². The number of pyridine rings is 2. The first kappa shape index (κ1) is 18.5. The van der Waals surface area contributed by atoms with Gasteiger partial charge in [-0.15, -0.1) is 0 Å². The molecule has 6 nitrogen and oxygen atoms in total. The van der Waals surface area contributed by atoms with Crippen molar-refractivity contribution in [2.45, 2.75) is 25.5 Å². The minimum atomic E-state index is -0.554. The number of aliphatic hydroxyl groups excluding tert-OH is 1. The minimum absolute atomic E-state index is 0.141. The van der Waals surface area contributed by atoms with Crippen molar-refractivity contribution in [1.29, 1.82) is 0 Å². The number of rotatable bonds is 6. The van der Waals surface area contributed by atoms with Crippen LogP contribution < -0.4 is 0 Å². The van der Waals surface area contributed by atoms with Gasteiger partial charge < -0.3 is 10.0 Å². The highest BCUT2D eigenvalue weighted by molar-refractivity contribution is 5.78. The molecule has 0 aromatic carbocycles. The van der Waals surface area contributed by atoms with Crippen LogP contribution in [-0.4, -0.2) is 57.5 Å². The van der Waals surface area contributed by atoms with Crippen LogP contribution in [0, 0.1) is 5.92 Å². The highest BCUT2D eigenvalue weighted by atomic mass is 16.3. The topological polar surface area (TPSA) is 69.6 Å². The fraction of sp³-hybridized carbons (Fsp3) is 0.450. The number of hydrogen-bond donors (Lipinski definition) is 1. The molecule has 0 aliphatic carbocycles. The zero-order chi connectivity index (χ0) is 18.4. The predicted octanol–water partition coefficient (Wildman–Crippen LogP) is 1.88. The fourth-order valence-electron chi connectivity index (χ4n) is 3.45.